The van der Waals surface area contributed by atoms with Gasteiger partial charge in [-0.2, -0.15) is 5.10 Å². The van der Waals surface area contributed by atoms with Gasteiger partial charge in [-0.25, -0.2) is 4.98 Å². The number of aryl methyl sites for hydroxylation is 3. The highest BCUT2D eigenvalue weighted by molar-refractivity contribution is 5.76. The Morgan fingerprint density at radius 3 is 2.75 bits per heavy atom. The lowest BCUT2D eigenvalue weighted by Crippen LogP contribution is -2.40. The second-order valence-corrected chi connectivity index (χ2v) is 6.79. The van der Waals surface area contributed by atoms with Crippen LogP contribution in [0.25, 0.3) is 0 Å². The minimum Gasteiger partial charge on any atom is -0.341 e. The molecule has 1 amide bonds. The molecule has 0 aliphatic carbocycles. The first-order valence-corrected chi connectivity index (χ1v) is 8.73. The number of rotatable bonds is 4. The number of likely N-dealkylation sites (tertiary alicyclic amines) is 1. The molecule has 0 spiro atoms. The van der Waals surface area contributed by atoms with Crippen molar-refractivity contribution in [1.29, 1.82) is 0 Å². The number of piperidine rings is 1. The predicted molar refractivity (Wildman–Crippen MR) is 92.8 cm³/mol. The molecule has 0 saturated carbocycles. The molecular weight excluding hydrogens is 302 g/mol. The molecule has 1 saturated heterocycles. The molecule has 6 heteroatoms. The lowest BCUT2D eigenvalue weighted by atomic mass is 10.0. The summed E-state index contributed by atoms with van der Waals surface area (Å²) in [6.07, 6.45) is 7.36. The highest BCUT2D eigenvalue weighted by Crippen LogP contribution is 2.23. The number of amides is 1. The lowest BCUT2D eigenvalue weighted by molar-refractivity contribution is -0.132. The van der Waals surface area contributed by atoms with Crippen molar-refractivity contribution in [3.05, 3.63) is 35.2 Å². The van der Waals surface area contributed by atoms with Crippen LogP contribution in [0.4, 0.5) is 0 Å². The van der Waals surface area contributed by atoms with Crippen LogP contribution in [0.3, 0.4) is 0 Å². The SMILES string of the molecule is Cc1nn(C)c(C)c1CCC(=O)N1CCCC(n2ccnc2C)C1. The van der Waals surface area contributed by atoms with Gasteiger partial charge in [0.25, 0.3) is 0 Å². The van der Waals surface area contributed by atoms with E-state index >= 15 is 0 Å². The largest absolute Gasteiger partial charge is 0.341 e. The predicted octanol–water partition coefficient (Wildman–Crippen LogP) is 2.34. The maximum absolute atomic E-state index is 12.7. The van der Waals surface area contributed by atoms with Crippen molar-refractivity contribution >= 4 is 5.91 Å². The van der Waals surface area contributed by atoms with Gasteiger partial charge >= 0.3 is 0 Å². The Kier molecular flexibility index (Phi) is 4.73. The van der Waals surface area contributed by atoms with E-state index in [9.17, 15) is 4.79 Å². The standard InChI is InChI=1S/C18H27N5O/c1-13-17(14(2)21(4)20-13)7-8-18(24)22-10-5-6-16(12-22)23-11-9-19-15(23)3/h9,11,16H,5-8,10,12H2,1-4H3. The molecule has 0 bridgehead atoms. The smallest absolute Gasteiger partial charge is 0.222 e. The van der Waals surface area contributed by atoms with E-state index in [4.69, 9.17) is 0 Å². The number of imidazole rings is 1. The number of aromatic nitrogens is 4. The minimum absolute atomic E-state index is 0.250. The molecule has 3 heterocycles. The van der Waals surface area contributed by atoms with Crippen molar-refractivity contribution in [2.45, 2.75) is 52.5 Å². The second-order valence-electron chi connectivity index (χ2n) is 6.79. The fourth-order valence-corrected chi connectivity index (χ4v) is 3.75. The van der Waals surface area contributed by atoms with Crippen LogP contribution in [-0.2, 0) is 18.3 Å². The summed E-state index contributed by atoms with van der Waals surface area (Å²) < 4.78 is 4.10. The van der Waals surface area contributed by atoms with Crippen molar-refractivity contribution < 1.29 is 4.79 Å². The van der Waals surface area contributed by atoms with E-state index in [-0.39, 0.29) is 5.91 Å². The second kappa shape index (κ2) is 6.79. The molecule has 1 atom stereocenters. The topological polar surface area (TPSA) is 56.0 Å². The van der Waals surface area contributed by atoms with E-state index in [1.165, 1.54) is 5.56 Å². The molecule has 1 aliphatic heterocycles. The molecule has 0 radical (unpaired) electrons. The molecule has 1 fully saturated rings. The van der Waals surface area contributed by atoms with Crippen LogP contribution in [-0.4, -0.2) is 43.2 Å². The van der Waals surface area contributed by atoms with E-state index in [0.29, 0.717) is 12.5 Å². The third-order valence-corrected chi connectivity index (χ3v) is 5.25. The van der Waals surface area contributed by atoms with Gasteiger partial charge in [0.2, 0.25) is 5.91 Å². The summed E-state index contributed by atoms with van der Waals surface area (Å²) in [6, 6.07) is 0.354. The molecule has 130 valence electrons. The fourth-order valence-electron chi connectivity index (χ4n) is 3.75. The van der Waals surface area contributed by atoms with Crippen molar-refractivity contribution in [2.75, 3.05) is 13.1 Å². The summed E-state index contributed by atoms with van der Waals surface area (Å²) in [7, 11) is 1.95. The van der Waals surface area contributed by atoms with Crippen molar-refractivity contribution in [1.82, 2.24) is 24.2 Å². The average Bonchev–Trinajstić information content (AvgIpc) is 3.09. The van der Waals surface area contributed by atoms with Gasteiger partial charge in [0.1, 0.15) is 5.82 Å². The van der Waals surface area contributed by atoms with Gasteiger partial charge in [-0.1, -0.05) is 0 Å². The van der Waals surface area contributed by atoms with Crippen molar-refractivity contribution in [2.24, 2.45) is 7.05 Å². The fraction of sp³-hybridized carbons (Fsp3) is 0.611. The van der Waals surface area contributed by atoms with Gasteiger partial charge in [-0.3, -0.25) is 9.48 Å². The average molecular weight is 329 g/mol. The summed E-state index contributed by atoms with van der Waals surface area (Å²) in [6.45, 7) is 7.77. The summed E-state index contributed by atoms with van der Waals surface area (Å²) in [5, 5.41) is 4.44. The first-order chi connectivity index (χ1) is 11.5. The maximum atomic E-state index is 12.7. The highest BCUT2D eigenvalue weighted by Gasteiger charge is 2.25. The van der Waals surface area contributed by atoms with E-state index in [2.05, 4.69) is 21.6 Å². The van der Waals surface area contributed by atoms with Crippen molar-refractivity contribution in [3.63, 3.8) is 0 Å². The van der Waals surface area contributed by atoms with Gasteiger partial charge in [-0.05, 0) is 45.6 Å². The van der Waals surface area contributed by atoms with Crippen LogP contribution in [0.1, 0.15) is 48.1 Å². The molecule has 1 aliphatic rings. The Labute approximate surface area is 143 Å². The van der Waals surface area contributed by atoms with Crippen LogP contribution in [0.5, 0.6) is 0 Å². The maximum Gasteiger partial charge on any atom is 0.222 e. The molecule has 2 aromatic heterocycles. The Balaban J connectivity index is 1.61. The lowest BCUT2D eigenvalue weighted by Gasteiger charge is -2.34. The Morgan fingerprint density at radius 2 is 2.12 bits per heavy atom. The van der Waals surface area contributed by atoms with Gasteiger partial charge in [0.05, 0.1) is 11.7 Å². The summed E-state index contributed by atoms with van der Waals surface area (Å²) in [5.41, 5.74) is 3.41. The van der Waals surface area contributed by atoms with E-state index in [1.54, 1.807) is 0 Å². The first kappa shape index (κ1) is 16.7. The molecule has 2 aromatic rings. The minimum atomic E-state index is 0.250. The third-order valence-electron chi connectivity index (χ3n) is 5.25. The van der Waals surface area contributed by atoms with E-state index < -0.39 is 0 Å². The van der Waals surface area contributed by atoms with Gasteiger partial charge in [0.15, 0.2) is 0 Å². The van der Waals surface area contributed by atoms with Crippen LogP contribution in [0.15, 0.2) is 12.4 Å². The van der Waals surface area contributed by atoms with Gasteiger partial charge in [0, 0.05) is 44.6 Å². The third kappa shape index (κ3) is 3.23. The van der Waals surface area contributed by atoms with Crippen LogP contribution in [0.2, 0.25) is 0 Å². The quantitative estimate of drug-likeness (QED) is 0.865. The van der Waals surface area contributed by atoms with E-state index in [0.717, 1.165) is 49.6 Å². The zero-order valence-electron chi connectivity index (χ0n) is 15.1. The van der Waals surface area contributed by atoms with Crippen molar-refractivity contribution in [3.8, 4) is 0 Å². The zero-order valence-corrected chi connectivity index (χ0v) is 15.1. The number of hydrogen-bond acceptors (Lipinski definition) is 3. The molecule has 0 aromatic carbocycles. The van der Waals surface area contributed by atoms with Gasteiger partial charge < -0.3 is 9.47 Å². The van der Waals surface area contributed by atoms with Gasteiger partial charge in [-0.15, -0.1) is 0 Å². The molecule has 3 rings (SSSR count). The molecule has 6 nitrogen and oxygen atoms in total. The number of nitrogens with zero attached hydrogens (tertiary/aromatic N) is 5. The number of carbonyl (C=O) groups is 1. The Hall–Kier alpha value is -2.11. The molecular formula is C18H27N5O. The number of hydrogen-bond donors (Lipinski definition) is 0. The molecule has 1 unspecified atom stereocenters. The van der Waals surface area contributed by atoms with Crippen LogP contribution >= 0.6 is 0 Å². The van der Waals surface area contributed by atoms with Crippen LogP contribution in [0, 0.1) is 20.8 Å². The summed E-state index contributed by atoms with van der Waals surface area (Å²) in [5.74, 6) is 1.27. The number of carbonyl (C=O) groups excluding carboxylic acids is 1. The molecule has 0 N–H and O–H groups in total. The van der Waals surface area contributed by atoms with E-state index in [1.807, 2.05) is 42.9 Å². The normalized spacial score (nSPS) is 18.2. The highest BCUT2D eigenvalue weighted by atomic mass is 16.2. The monoisotopic (exact) mass is 329 g/mol. The zero-order chi connectivity index (χ0) is 17.3. The first-order valence-electron chi connectivity index (χ1n) is 8.73. The summed E-state index contributed by atoms with van der Waals surface area (Å²) >= 11 is 0. The Bertz CT molecular complexity index is 730. The molecule has 24 heavy (non-hydrogen) atoms. The summed E-state index contributed by atoms with van der Waals surface area (Å²) in [4.78, 5) is 19.0. The van der Waals surface area contributed by atoms with Crippen LogP contribution < -0.4 is 0 Å². The Morgan fingerprint density at radius 1 is 1.33 bits per heavy atom.